The van der Waals surface area contributed by atoms with Gasteiger partial charge in [0.2, 0.25) is 0 Å². The van der Waals surface area contributed by atoms with Crippen LogP contribution >= 0.6 is 0 Å². The predicted molar refractivity (Wildman–Crippen MR) is 142 cm³/mol. The van der Waals surface area contributed by atoms with Crippen molar-refractivity contribution in [3.05, 3.63) is 94.5 Å². The van der Waals surface area contributed by atoms with Crippen molar-refractivity contribution >= 4 is 27.8 Å². The van der Waals surface area contributed by atoms with Gasteiger partial charge in [-0.15, -0.1) is 0 Å². The molecule has 0 aliphatic rings. The van der Waals surface area contributed by atoms with Gasteiger partial charge in [0.1, 0.15) is 4.90 Å². The predicted octanol–water partition coefficient (Wildman–Crippen LogP) is 4.02. The van der Waals surface area contributed by atoms with Gasteiger partial charge in [-0.05, 0) is 48.9 Å². The van der Waals surface area contributed by atoms with Gasteiger partial charge >= 0.3 is 5.97 Å². The zero-order chi connectivity index (χ0) is 27.7. The Hall–Kier alpha value is -3.86. The zero-order valence-electron chi connectivity index (χ0n) is 21.2. The van der Waals surface area contributed by atoms with E-state index in [9.17, 15) is 27.4 Å². The summed E-state index contributed by atoms with van der Waals surface area (Å²) in [7, 11) is -4.81. The normalized spacial score (nSPS) is 11.1. The van der Waals surface area contributed by atoms with Gasteiger partial charge in [0.15, 0.2) is 11.5 Å². The van der Waals surface area contributed by atoms with Crippen LogP contribution in [0, 0.1) is 0 Å². The summed E-state index contributed by atoms with van der Waals surface area (Å²) in [6, 6.07) is 16.3. The van der Waals surface area contributed by atoms with Gasteiger partial charge in [0.05, 0.1) is 5.56 Å². The Morgan fingerprint density at radius 2 is 1.42 bits per heavy atom. The van der Waals surface area contributed by atoms with Crippen molar-refractivity contribution in [2.24, 2.45) is 0 Å². The molecule has 0 aliphatic carbocycles. The summed E-state index contributed by atoms with van der Waals surface area (Å²) >= 11 is 0. The number of rotatable bonds is 12. The lowest BCUT2D eigenvalue weighted by molar-refractivity contribution is 0.0729. The molecule has 0 radical (unpaired) electrons. The average Bonchev–Trinajstić information content (AvgIpc) is 2.91. The molecule has 3 rings (SSSR count). The van der Waals surface area contributed by atoms with Gasteiger partial charge in [-0.2, -0.15) is 8.42 Å². The molecule has 0 atom stereocenters. The number of esters is 1. The molecule has 0 aliphatic heterocycles. The fraction of sp³-hybridized carbons (Fsp3) is 0.250. The van der Waals surface area contributed by atoms with Gasteiger partial charge < -0.3 is 15.4 Å². The highest BCUT2D eigenvalue weighted by Crippen LogP contribution is 2.26. The summed E-state index contributed by atoms with van der Waals surface area (Å²) in [6.45, 7) is 5.93. The second-order valence-corrected chi connectivity index (χ2v) is 9.91. The smallest absolute Gasteiger partial charge is 0.343 e. The SMILES string of the molecule is CCCCNC(=O)c1ccc(OC(=O)c2ccc(C(=O)c3ccc(CNCC)cc3)cc2)c(S(=O)(=O)O)c1. The minimum Gasteiger partial charge on any atom is -0.421 e. The van der Waals surface area contributed by atoms with Crippen molar-refractivity contribution in [3.63, 3.8) is 0 Å². The molecule has 200 valence electrons. The largest absolute Gasteiger partial charge is 0.421 e. The van der Waals surface area contributed by atoms with E-state index in [0.29, 0.717) is 24.2 Å². The van der Waals surface area contributed by atoms with Crippen LogP contribution in [0.2, 0.25) is 0 Å². The fourth-order valence-electron chi connectivity index (χ4n) is 3.54. The van der Waals surface area contributed by atoms with Crippen LogP contribution in [0.25, 0.3) is 0 Å². The molecular weight excluding hydrogens is 508 g/mol. The third-order valence-electron chi connectivity index (χ3n) is 5.68. The number of amides is 1. The van der Waals surface area contributed by atoms with E-state index in [4.69, 9.17) is 4.74 Å². The van der Waals surface area contributed by atoms with Crippen LogP contribution in [0.5, 0.6) is 5.75 Å². The summed E-state index contributed by atoms with van der Waals surface area (Å²) in [5.41, 5.74) is 1.96. The van der Waals surface area contributed by atoms with Crippen LogP contribution in [0.3, 0.4) is 0 Å². The Morgan fingerprint density at radius 3 is 2.00 bits per heavy atom. The van der Waals surface area contributed by atoms with E-state index in [0.717, 1.165) is 37.1 Å². The number of carbonyl (C=O) groups is 3. The molecule has 10 heteroatoms. The minimum atomic E-state index is -4.81. The van der Waals surface area contributed by atoms with Crippen LogP contribution in [-0.4, -0.2) is 43.7 Å². The number of hydrogen-bond acceptors (Lipinski definition) is 7. The molecule has 0 fully saturated rings. The average molecular weight is 539 g/mol. The van der Waals surface area contributed by atoms with E-state index >= 15 is 0 Å². The molecule has 0 spiro atoms. The Balaban J connectivity index is 1.74. The van der Waals surface area contributed by atoms with Crippen LogP contribution < -0.4 is 15.4 Å². The highest BCUT2D eigenvalue weighted by Gasteiger charge is 2.22. The van der Waals surface area contributed by atoms with E-state index in [-0.39, 0.29) is 16.9 Å². The standard InChI is InChI=1S/C28H30N2O7S/c1-3-5-16-30-27(32)23-14-15-24(25(17-23)38(34,35)36)37-28(33)22-12-10-21(11-13-22)26(31)20-8-6-19(7-9-20)18-29-4-2/h6-15,17,29H,3-5,16,18H2,1-2H3,(H,30,32)(H,34,35,36). The fourth-order valence-corrected chi connectivity index (χ4v) is 4.18. The molecule has 0 saturated carbocycles. The first kappa shape index (κ1) is 28.7. The monoisotopic (exact) mass is 538 g/mol. The number of unbranched alkanes of at least 4 members (excludes halogenated alkanes) is 1. The molecule has 0 bridgehead atoms. The van der Waals surface area contributed by atoms with Gasteiger partial charge in [-0.1, -0.05) is 56.7 Å². The van der Waals surface area contributed by atoms with Crippen molar-refractivity contribution in [2.45, 2.75) is 38.1 Å². The van der Waals surface area contributed by atoms with Crippen molar-refractivity contribution in [1.29, 1.82) is 0 Å². The Bertz CT molecular complexity index is 1400. The molecule has 1 amide bonds. The molecule has 3 aromatic carbocycles. The molecule has 3 aromatic rings. The van der Waals surface area contributed by atoms with Gasteiger partial charge in [-0.25, -0.2) is 4.79 Å². The van der Waals surface area contributed by atoms with E-state index < -0.39 is 32.6 Å². The third-order valence-corrected chi connectivity index (χ3v) is 6.56. The number of carbonyl (C=O) groups excluding carboxylic acids is 3. The Morgan fingerprint density at radius 1 is 0.842 bits per heavy atom. The number of benzene rings is 3. The summed E-state index contributed by atoms with van der Waals surface area (Å²) in [5, 5.41) is 5.86. The molecule has 0 aromatic heterocycles. The van der Waals surface area contributed by atoms with Crippen LogP contribution in [0.4, 0.5) is 0 Å². The zero-order valence-corrected chi connectivity index (χ0v) is 22.0. The third kappa shape index (κ3) is 7.58. The summed E-state index contributed by atoms with van der Waals surface area (Å²) in [5.74, 6) is -2.07. The molecule has 9 nitrogen and oxygen atoms in total. The maximum absolute atomic E-state index is 12.8. The van der Waals surface area contributed by atoms with Crippen molar-refractivity contribution in [3.8, 4) is 5.75 Å². The van der Waals surface area contributed by atoms with Gasteiger partial charge in [0, 0.05) is 29.8 Å². The van der Waals surface area contributed by atoms with Crippen molar-refractivity contribution < 1.29 is 32.1 Å². The summed E-state index contributed by atoms with van der Waals surface area (Å²) in [6.07, 6.45) is 1.62. The maximum Gasteiger partial charge on any atom is 0.343 e. The summed E-state index contributed by atoms with van der Waals surface area (Å²) < 4.78 is 38.7. The highest BCUT2D eigenvalue weighted by molar-refractivity contribution is 7.86. The van der Waals surface area contributed by atoms with E-state index in [1.54, 1.807) is 12.1 Å². The lowest BCUT2D eigenvalue weighted by atomic mass is 10.0. The van der Waals surface area contributed by atoms with Crippen LogP contribution in [0.1, 0.15) is 68.9 Å². The topological polar surface area (TPSA) is 139 Å². The van der Waals surface area contributed by atoms with Crippen LogP contribution in [-0.2, 0) is 16.7 Å². The highest BCUT2D eigenvalue weighted by atomic mass is 32.2. The first-order chi connectivity index (χ1) is 18.1. The Kier molecular flexibility index (Phi) is 9.89. The summed E-state index contributed by atoms with van der Waals surface area (Å²) in [4.78, 5) is 37.1. The number of ketones is 1. The molecule has 0 unspecified atom stereocenters. The molecule has 0 heterocycles. The first-order valence-corrected chi connectivity index (χ1v) is 13.6. The second-order valence-electron chi connectivity index (χ2n) is 8.52. The number of ether oxygens (including phenoxy) is 1. The van der Waals surface area contributed by atoms with E-state index in [1.807, 2.05) is 26.0 Å². The van der Waals surface area contributed by atoms with E-state index in [2.05, 4.69) is 10.6 Å². The Labute approximate surface area is 222 Å². The number of nitrogens with one attached hydrogen (secondary N) is 2. The lowest BCUT2D eigenvalue weighted by Gasteiger charge is -2.11. The first-order valence-electron chi connectivity index (χ1n) is 12.2. The van der Waals surface area contributed by atoms with Crippen molar-refractivity contribution in [2.75, 3.05) is 13.1 Å². The maximum atomic E-state index is 12.8. The lowest BCUT2D eigenvalue weighted by Crippen LogP contribution is -2.24. The quantitative estimate of drug-likeness (QED) is 0.103. The molecule has 38 heavy (non-hydrogen) atoms. The molecule has 0 saturated heterocycles. The van der Waals surface area contributed by atoms with Gasteiger partial charge in [-0.3, -0.25) is 14.1 Å². The number of hydrogen-bond donors (Lipinski definition) is 3. The molecule has 3 N–H and O–H groups in total. The second kappa shape index (κ2) is 13.1. The minimum absolute atomic E-state index is 0.00829. The van der Waals surface area contributed by atoms with E-state index in [1.165, 1.54) is 30.3 Å². The van der Waals surface area contributed by atoms with Gasteiger partial charge in [0.25, 0.3) is 16.0 Å². The molecular formula is C28H30N2O7S. The van der Waals surface area contributed by atoms with Crippen molar-refractivity contribution in [1.82, 2.24) is 10.6 Å². The van der Waals surface area contributed by atoms with Crippen LogP contribution in [0.15, 0.2) is 71.6 Å².